The van der Waals surface area contributed by atoms with Crippen LogP contribution in [0.5, 0.6) is 0 Å². The predicted molar refractivity (Wildman–Crippen MR) is 106 cm³/mol. The molecule has 1 fully saturated rings. The second-order valence-corrected chi connectivity index (χ2v) is 6.59. The average Bonchev–Trinajstić information content (AvgIpc) is 2.61. The molecular formula is C20H30N4O. The normalized spacial score (nSPS) is 16.5. The molecule has 0 bridgehead atoms. The monoisotopic (exact) mass is 342 g/mol. The second-order valence-electron chi connectivity index (χ2n) is 6.59. The average molecular weight is 342 g/mol. The summed E-state index contributed by atoms with van der Waals surface area (Å²) in [6.07, 6.45) is 4.02. The van der Waals surface area contributed by atoms with E-state index in [9.17, 15) is 4.79 Å². The van der Waals surface area contributed by atoms with Crippen molar-refractivity contribution >= 4 is 23.5 Å². The summed E-state index contributed by atoms with van der Waals surface area (Å²) >= 11 is 0. The highest BCUT2D eigenvalue weighted by Gasteiger charge is 2.25. The van der Waals surface area contributed by atoms with Crippen LogP contribution in [-0.2, 0) is 4.79 Å². The molecule has 1 amide bonds. The Kier molecular flexibility index (Phi) is 7.16. The fourth-order valence-corrected chi connectivity index (χ4v) is 3.31. The van der Waals surface area contributed by atoms with Gasteiger partial charge >= 0.3 is 0 Å². The van der Waals surface area contributed by atoms with Gasteiger partial charge in [-0.25, -0.2) is 0 Å². The molecule has 0 atom stereocenters. The number of benzene rings is 1. The van der Waals surface area contributed by atoms with Gasteiger partial charge in [0.15, 0.2) is 0 Å². The molecule has 25 heavy (non-hydrogen) atoms. The van der Waals surface area contributed by atoms with Crippen LogP contribution in [0.25, 0.3) is 0 Å². The van der Waals surface area contributed by atoms with E-state index in [2.05, 4.69) is 46.1 Å². The molecule has 1 aromatic rings. The highest BCUT2D eigenvalue weighted by Crippen LogP contribution is 2.23. The van der Waals surface area contributed by atoms with Gasteiger partial charge in [-0.15, -0.1) is 0 Å². The lowest BCUT2D eigenvalue weighted by Crippen LogP contribution is -2.46. The Bertz CT molecular complexity index is 630. The van der Waals surface area contributed by atoms with Crippen molar-refractivity contribution in [2.75, 3.05) is 38.6 Å². The van der Waals surface area contributed by atoms with Crippen LogP contribution in [0.4, 0.5) is 5.69 Å². The van der Waals surface area contributed by atoms with E-state index in [1.165, 1.54) is 11.3 Å². The van der Waals surface area contributed by atoms with Crippen LogP contribution in [0.1, 0.15) is 31.7 Å². The van der Waals surface area contributed by atoms with Crippen molar-refractivity contribution in [1.82, 2.24) is 4.90 Å². The van der Waals surface area contributed by atoms with E-state index in [4.69, 9.17) is 0 Å². The molecule has 1 aliphatic heterocycles. The van der Waals surface area contributed by atoms with Crippen LogP contribution in [0.15, 0.2) is 34.3 Å². The minimum atomic E-state index is 0.126. The molecule has 1 saturated heterocycles. The molecule has 1 aliphatic rings. The Morgan fingerprint density at radius 3 is 2.68 bits per heavy atom. The first-order chi connectivity index (χ1) is 12.0. The number of aryl methyl sites for hydroxylation is 1. The van der Waals surface area contributed by atoms with Gasteiger partial charge < -0.3 is 9.80 Å². The first-order valence-corrected chi connectivity index (χ1v) is 9.08. The van der Waals surface area contributed by atoms with E-state index in [0.717, 1.165) is 31.6 Å². The van der Waals surface area contributed by atoms with Crippen LogP contribution in [0, 0.1) is 6.92 Å². The number of carbonyl (C=O) groups is 1. The van der Waals surface area contributed by atoms with E-state index in [1.807, 2.05) is 18.9 Å². The van der Waals surface area contributed by atoms with Gasteiger partial charge in [0, 0.05) is 51.7 Å². The van der Waals surface area contributed by atoms with Crippen LogP contribution in [0.2, 0.25) is 0 Å². The lowest BCUT2D eigenvalue weighted by atomic mass is 10.0. The van der Waals surface area contributed by atoms with E-state index in [-0.39, 0.29) is 5.91 Å². The van der Waals surface area contributed by atoms with Gasteiger partial charge in [0.25, 0.3) is 0 Å². The topological polar surface area (TPSA) is 48.3 Å². The third-order valence-corrected chi connectivity index (χ3v) is 4.74. The molecule has 0 aliphatic carbocycles. The zero-order valence-corrected chi connectivity index (χ0v) is 15.9. The number of rotatable bonds is 6. The molecule has 1 heterocycles. The van der Waals surface area contributed by atoms with Gasteiger partial charge in [-0.3, -0.25) is 14.8 Å². The van der Waals surface area contributed by atoms with Crippen molar-refractivity contribution < 1.29 is 4.79 Å². The van der Waals surface area contributed by atoms with Crippen LogP contribution in [0.3, 0.4) is 0 Å². The van der Waals surface area contributed by atoms with Crippen molar-refractivity contribution in [2.24, 2.45) is 9.98 Å². The van der Waals surface area contributed by atoms with Gasteiger partial charge in [0.2, 0.25) is 5.91 Å². The van der Waals surface area contributed by atoms with Gasteiger partial charge in [-0.1, -0.05) is 12.1 Å². The minimum Gasteiger partial charge on any atom is -0.371 e. The quantitative estimate of drug-likeness (QED) is 0.746. The lowest BCUT2D eigenvalue weighted by molar-refractivity contribution is -0.131. The molecule has 0 unspecified atom stereocenters. The molecule has 0 radical (unpaired) electrons. The first-order valence-electron chi connectivity index (χ1n) is 9.08. The van der Waals surface area contributed by atoms with Crippen LogP contribution in [-0.4, -0.2) is 62.5 Å². The third kappa shape index (κ3) is 5.41. The van der Waals surface area contributed by atoms with E-state index in [0.29, 0.717) is 19.0 Å². The molecular weight excluding hydrogens is 312 g/mol. The highest BCUT2D eigenvalue weighted by atomic mass is 16.2. The Hall–Kier alpha value is -2.17. The maximum atomic E-state index is 12.6. The molecule has 0 spiro atoms. The molecule has 136 valence electrons. The molecule has 5 nitrogen and oxygen atoms in total. The smallest absolute Gasteiger partial charge is 0.228 e. The van der Waals surface area contributed by atoms with Crippen molar-refractivity contribution in [3.63, 3.8) is 0 Å². The van der Waals surface area contributed by atoms with Gasteiger partial charge in [0.1, 0.15) is 0 Å². The number of anilines is 1. The lowest BCUT2D eigenvalue weighted by Gasteiger charge is -2.38. The molecule has 0 N–H and O–H groups in total. The number of hydrogen-bond acceptors (Lipinski definition) is 4. The second kappa shape index (κ2) is 9.35. The summed E-state index contributed by atoms with van der Waals surface area (Å²) in [6.45, 7) is 6.74. The number of carbonyl (C=O) groups excluding carboxylic acids is 1. The molecule has 2 rings (SSSR count). The summed E-state index contributed by atoms with van der Waals surface area (Å²) in [5, 5.41) is 0. The maximum absolute atomic E-state index is 12.6. The van der Waals surface area contributed by atoms with Crippen molar-refractivity contribution in [3.05, 3.63) is 29.8 Å². The van der Waals surface area contributed by atoms with Gasteiger partial charge in [0.05, 0.1) is 12.1 Å². The van der Waals surface area contributed by atoms with Crippen LogP contribution < -0.4 is 4.90 Å². The SMILES string of the molecule is CCN=C(C=NC)CC(=O)N(C)C1CCN(c2cccc(C)c2)CC1. The van der Waals surface area contributed by atoms with Crippen molar-refractivity contribution in [2.45, 2.75) is 39.2 Å². The fourth-order valence-electron chi connectivity index (χ4n) is 3.31. The summed E-state index contributed by atoms with van der Waals surface area (Å²) < 4.78 is 0. The maximum Gasteiger partial charge on any atom is 0.228 e. The standard InChI is InChI=1S/C20H30N4O/c1-5-22-17(15-21-3)14-20(25)23(4)18-9-11-24(12-10-18)19-8-6-7-16(2)13-19/h6-8,13,15,18H,5,9-12,14H2,1-4H3. The Balaban J connectivity index is 1.91. The van der Waals surface area contributed by atoms with Crippen molar-refractivity contribution in [1.29, 1.82) is 0 Å². The van der Waals surface area contributed by atoms with E-state index >= 15 is 0 Å². The zero-order valence-electron chi connectivity index (χ0n) is 15.9. The number of hydrogen-bond donors (Lipinski definition) is 0. The van der Waals surface area contributed by atoms with Gasteiger partial charge in [-0.05, 0) is 44.4 Å². The Morgan fingerprint density at radius 1 is 1.36 bits per heavy atom. The molecule has 0 saturated carbocycles. The third-order valence-electron chi connectivity index (χ3n) is 4.74. The summed E-state index contributed by atoms with van der Waals surface area (Å²) in [5.41, 5.74) is 3.33. The summed E-state index contributed by atoms with van der Waals surface area (Å²) in [5.74, 6) is 0.126. The largest absolute Gasteiger partial charge is 0.371 e. The number of piperidine rings is 1. The summed E-state index contributed by atoms with van der Waals surface area (Å²) in [4.78, 5) is 25.2. The number of nitrogens with zero attached hydrogens (tertiary/aromatic N) is 4. The minimum absolute atomic E-state index is 0.126. The fraction of sp³-hybridized carbons (Fsp3) is 0.550. The molecule has 0 aromatic heterocycles. The van der Waals surface area contributed by atoms with E-state index in [1.54, 1.807) is 13.3 Å². The highest BCUT2D eigenvalue weighted by molar-refractivity contribution is 6.34. The summed E-state index contributed by atoms with van der Waals surface area (Å²) in [6, 6.07) is 8.93. The zero-order chi connectivity index (χ0) is 18.2. The van der Waals surface area contributed by atoms with Gasteiger partial charge in [-0.2, -0.15) is 0 Å². The molecule has 5 heteroatoms. The molecule has 1 aromatic carbocycles. The number of aliphatic imine (C=N–C) groups is 2. The van der Waals surface area contributed by atoms with E-state index < -0.39 is 0 Å². The Morgan fingerprint density at radius 2 is 2.08 bits per heavy atom. The number of amides is 1. The first kappa shape index (κ1) is 19.2. The predicted octanol–water partition coefficient (Wildman–Crippen LogP) is 2.97. The van der Waals surface area contributed by atoms with Crippen LogP contribution >= 0.6 is 0 Å². The Labute approximate surface area is 151 Å². The summed E-state index contributed by atoms with van der Waals surface area (Å²) in [7, 11) is 3.63. The van der Waals surface area contributed by atoms with Crippen molar-refractivity contribution in [3.8, 4) is 0 Å².